The second-order valence-corrected chi connectivity index (χ2v) is 9.01. The summed E-state index contributed by atoms with van der Waals surface area (Å²) in [5.74, 6) is -0.396. The van der Waals surface area contributed by atoms with Crippen molar-refractivity contribution in [3.8, 4) is 5.75 Å². The molecule has 0 aromatic heterocycles. The van der Waals surface area contributed by atoms with Crippen molar-refractivity contribution < 1.29 is 27.1 Å². The Balaban J connectivity index is 1.41. The molecule has 0 atom stereocenters. The number of benzene rings is 3. The van der Waals surface area contributed by atoms with Crippen LogP contribution >= 0.6 is 0 Å². The monoisotopic (exact) mass is 481 g/mol. The summed E-state index contributed by atoms with van der Waals surface area (Å²) in [5, 5.41) is 13.6. The molecule has 4 rings (SSSR count). The highest BCUT2D eigenvalue weighted by Gasteiger charge is 2.22. The topological polar surface area (TPSA) is 136 Å². The van der Waals surface area contributed by atoms with Gasteiger partial charge in [0.2, 0.25) is 5.91 Å². The van der Waals surface area contributed by atoms with Crippen LogP contribution < -0.4 is 14.4 Å². The quantitative estimate of drug-likeness (QED) is 0.308. The first kappa shape index (κ1) is 22.9. The predicted molar refractivity (Wildman–Crippen MR) is 123 cm³/mol. The molecule has 2 amide bonds. The van der Waals surface area contributed by atoms with Gasteiger partial charge in [-0.05, 0) is 61.0 Å². The summed E-state index contributed by atoms with van der Waals surface area (Å²) in [5.41, 5.74) is 1.19. The van der Waals surface area contributed by atoms with Crippen molar-refractivity contribution in [3.63, 3.8) is 0 Å². The molecule has 1 fully saturated rings. The van der Waals surface area contributed by atoms with Gasteiger partial charge in [0.05, 0.1) is 4.92 Å². The Kier molecular flexibility index (Phi) is 6.28. The van der Waals surface area contributed by atoms with Crippen LogP contribution in [0, 0.1) is 10.1 Å². The number of hydrogen-bond acceptors (Lipinski definition) is 7. The molecule has 11 heteroatoms. The number of non-ortho nitro benzene ring substituents is 1. The molecular formula is C23H19N3O7S. The Labute approximate surface area is 195 Å². The average Bonchev–Trinajstić information content (AvgIpc) is 3.25. The Morgan fingerprint density at radius 1 is 1.03 bits per heavy atom. The molecule has 174 valence electrons. The maximum Gasteiger partial charge on any atom is 0.339 e. The normalized spacial score (nSPS) is 13.5. The van der Waals surface area contributed by atoms with Crippen LogP contribution in [0.1, 0.15) is 23.2 Å². The summed E-state index contributed by atoms with van der Waals surface area (Å²) >= 11 is 0. The summed E-state index contributed by atoms with van der Waals surface area (Å²) in [7, 11) is -4.30. The van der Waals surface area contributed by atoms with Gasteiger partial charge in [-0.15, -0.1) is 0 Å². The number of nitrogens with one attached hydrogen (secondary N) is 1. The van der Waals surface area contributed by atoms with Gasteiger partial charge in [-0.25, -0.2) is 0 Å². The molecule has 0 spiro atoms. The average molecular weight is 481 g/mol. The van der Waals surface area contributed by atoms with Crippen molar-refractivity contribution in [2.24, 2.45) is 0 Å². The largest absolute Gasteiger partial charge is 0.379 e. The van der Waals surface area contributed by atoms with E-state index in [-0.39, 0.29) is 27.8 Å². The lowest BCUT2D eigenvalue weighted by Gasteiger charge is -2.16. The van der Waals surface area contributed by atoms with Crippen molar-refractivity contribution in [1.82, 2.24) is 0 Å². The van der Waals surface area contributed by atoms with Gasteiger partial charge < -0.3 is 14.4 Å². The maximum atomic E-state index is 12.5. The molecule has 1 N–H and O–H groups in total. The van der Waals surface area contributed by atoms with Gasteiger partial charge >= 0.3 is 10.1 Å². The summed E-state index contributed by atoms with van der Waals surface area (Å²) in [6.07, 6.45) is 1.36. The molecule has 3 aromatic rings. The molecule has 0 bridgehead atoms. The molecular weight excluding hydrogens is 462 g/mol. The summed E-state index contributed by atoms with van der Waals surface area (Å²) < 4.78 is 29.9. The molecule has 34 heavy (non-hydrogen) atoms. The third-order valence-corrected chi connectivity index (χ3v) is 6.39. The molecule has 0 saturated carbocycles. The molecule has 1 saturated heterocycles. The number of hydrogen-bond donors (Lipinski definition) is 1. The van der Waals surface area contributed by atoms with E-state index in [1.807, 2.05) is 0 Å². The van der Waals surface area contributed by atoms with Crippen molar-refractivity contribution in [2.75, 3.05) is 16.8 Å². The number of carbonyl (C=O) groups excluding carboxylic acids is 2. The zero-order chi connectivity index (χ0) is 24.3. The van der Waals surface area contributed by atoms with Crippen molar-refractivity contribution >= 4 is 39.0 Å². The Hall–Kier alpha value is -4.25. The minimum atomic E-state index is -4.30. The van der Waals surface area contributed by atoms with Crippen LogP contribution in [0.3, 0.4) is 0 Å². The molecule has 3 aromatic carbocycles. The van der Waals surface area contributed by atoms with E-state index >= 15 is 0 Å². The van der Waals surface area contributed by atoms with E-state index in [1.54, 1.807) is 29.2 Å². The number of nitro groups is 1. The van der Waals surface area contributed by atoms with Gasteiger partial charge in [0.15, 0.2) is 0 Å². The van der Waals surface area contributed by atoms with Crippen LogP contribution in [0.15, 0.2) is 77.7 Å². The van der Waals surface area contributed by atoms with Gasteiger partial charge in [0, 0.05) is 42.0 Å². The highest BCUT2D eigenvalue weighted by Crippen LogP contribution is 2.25. The van der Waals surface area contributed by atoms with Crippen LogP contribution in [0.4, 0.5) is 17.1 Å². The zero-order valence-electron chi connectivity index (χ0n) is 17.7. The number of amides is 2. The Bertz CT molecular complexity index is 1350. The first-order valence-electron chi connectivity index (χ1n) is 10.2. The Morgan fingerprint density at radius 2 is 1.74 bits per heavy atom. The standard InChI is InChI=1S/C23H19N3O7S/c27-22-5-2-14-25(22)18-10-8-17(9-11-18)24-23(28)16-6-12-20(13-7-16)33-34(31,32)21-4-1-3-19(15-21)26(29)30/h1,3-4,6-13,15H,2,5,14H2,(H,24,28). The molecule has 1 aliphatic rings. The minimum Gasteiger partial charge on any atom is -0.379 e. The summed E-state index contributed by atoms with van der Waals surface area (Å²) in [4.78, 5) is 35.9. The molecule has 0 unspecified atom stereocenters. The second kappa shape index (κ2) is 9.32. The van der Waals surface area contributed by atoms with Gasteiger partial charge in [-0.2, -0.15) is 8.42 Å². The third-order valence-electron chi connectivity index (χ3n) is 5.15. The first-order valence-corrected chi connectivity index (χ1v) is 11.6. The number of rotatable bonds is 7. The lowest BCUT2D eigenvalue weighted by atomic mass is 10.2. The third kappa shape index (κ3) is 5.04. The molecule has 1 aliphatic heterocycles. The van der Waals surface area contributed by atoms with Crippen molar-refractivity contribution in [2.45, 2.75) is 17.7 Å². The van der Waals surface area contributed by atoms with Crippen LogP contribution in [-0.4, -0.2) is 31.7 Å². The first-order chi connectivity index (χ1) is 16.2. The fourth-order valence-electron chi connectivity index (χ4n) is 3.44. The molecule has 10 nitrogen and oxygen atoms in total. The van der Waals surface area contributed by atoms with E-state index in [2.05, 4.69) is 5.32 Å². The van der Waals surface area contributed by atoms with E-state index in [0.717, 1.165) is 18.2 Å². The van der Waals surface area contributed by atoms with E-state index in [9.17, 15) is 28.1 Å². The zero-order valence-corrected chi connectivity index (χ0v) is 18.5. The van der Waals surface area contributed by atoms with Crippen molar-refractivity contribution in [3.05, 3.63) is 88.5 Å². The van der Waals surface area contributed by atoms with E-state index in [0.29, 0.717) is 18.7 Å². The second-order valence-electron chi connectivity index (χ2n) is 7.47. The highest BCUT2D eigenvalue weighted by molar-refractivity contribution is 7.87. The highest BCUT2D eigenvalue weighted by atomic mass is 32.2. The van der Waals surface area contributed by atoms with Crippen molar-refractivity contribution in [1.29, 1.82) is 0 Å². The van der Waals surface area contributed by atoms with Crippen LogP contribution in [0.5, 0.6) is 5.75 Å². The van der Waals surface area contributed by atoms with E-state index in [4.69, 9.17) is 4.18 Å². The number of carbonyl (C=O) groups is 2. The molecule has 0 radical (unpaired) electrons. The lowest BCUT2D eigenvalue weighted by molar-refractivity contribution is -0.385. The fraction of sp³-hybridized carbons (Fsp3) is 0.130. The lowest BCUT2D eigenvalue weighted by Crippen LogP contribution is -2.23. The molecule has 1 heterocycles. The van der Waals surface area contributed by atoms with Crippen LogP contribution in [-0.2, 0) is 14.9 Å². The molecule has 0 aliphatic carbocycles. The van der Waals surface area contributed by atoms with E-state index in [1.165, 1.54) is 42.5 Å². The Morgan fingerprint density at radius 3 is 2.35 bits per heavy atom. The predicted octanol–water partition coefficient (Wildman–Crippen LogP) is 3.74. The summed E-state index contributed by atoms with van der Waals surface area (Å²) in [6, 6.07) is 16.8. The summed E-state index contributed by atoms with van der Waals surface area (Å²) in [6.45, 7) is 0.676. The fourth-order valence-corrected chi connectivity index (χ4v) is 4.41. The number of nitrogens with zero attached hydrogens (tertiary/aromatic N) is 2. The number of anilines is 2. The van der Waals surface area contributed by atoms with Crippen LogP contribution in [0.25, 0.3) is 0 Å². The minimum absolute atomic E-state index is 0.0531. The van der Waals surface area contributed by atoms with Gasteiger partial charge in [-0.1, -0.05) is 6.07 Å². The maximum absolute atomic E-state index is 12.5. The van der Waals surface area contributed by atoms with E-state index < -0.39 is 20.9 Å². The van der Waals surface area contributed by atoms with Gasteiger partial charge in [0.25, 0.3) is 11.6 Å². The van der Waals surface area contributed by atoms with Gasteiger partial charge in [-0.3, -0.25) is 19.7 Å². The smallest absolute Gasteiger partial charge is 0.339 e. The SMILES string of the molecule is O=C(Nc1ccc(N2CCCC2=O)cc1)c1ccc(OS(=O)(=O)c2cccc([N+](=O)[O-])c2)cc1. The van der Waals surface area contributed by atoms with Gasteiger partial charge in [0.1, 0.15) is 10.6 Å². The van der Waals surface area contributed by atoms with Crippen LogP contribution in [0.2, 0.25) is 0 Å². The number of nitro benzene ring substituents is 1.